The molecule has 1 aliphatic carbocycles. The van der Waals surface area contributed by atoms with E-state index < -0.39 is 0 Å². The quantitative estimate of drug-likeness (QED) is 0.500. The summed E-state index contributed by atoms with van der Waals surface area (Å²) in [5.74, 6) is 0.156. The van der Waals surface area contributed by atoms with Crippen molar-refractivity contribution < 1.29 is 14.3 Å². The molecule has 0 heterocycles. The molecule has 74 valence electrons. The van der Waals surface area contributed by atoms with Gasteiger partial charge in [-0.3, -0.25) is 9.59 Å². The van der Waals surface area contributed by atoms with Gasteiger partial charge in [0.15, 0.2) is 0 Å². The summed E-state index contributed by atoms with van der Waals surface area (Å²) < 4.78 is 4.47. The second-order valence-corrected chi connectivity index (χ2v) is 3.24. The highest BCUT2D eigenvalue weighted by Gasteiger charge is 2.28. The lowest BCUT2D eigenvalue weighted by atomic mass is 10.3. The second-order valence-electron chi connectivity index (χ2n) is 3.24. The molecule has 0 saturated heterocycles. The van der Waals surface area contributed by atoms with Crippen molar-refractivity contribution in [3.8, 4) is 0 Å². The first-order valence-corrected chi connectivity index (χ1v) is 4.58. The number of esters is 1. The third kappa shape index (κ3) is 3.92. The van der Waals surface area contributed by atoms with E-state index in [2.05, 4.69) is 10.1 Å². The topological polar surface area (TPSA) is 55.4 Å². The van der Waals surface area contributed by atoms with Crippen LogP contribution in [0.1, 0.15) is 25.7 Å². The van der Waals surface area contributed by atoms with Crippen LogP contribution in [-0.4, -0.2) is 25.5 Å². The Labute approximate surface area is 77.6 Å². The molecule has 0 aromatic carbocycles. The molecule has 1 amide bonds. The fraction of sp³-hybridized carbons (Fsp3) is 0.778. The third-order valence-corrected chi connectivity index (χ3v) is 2.03. The number of carbonyl (C=O) groups is 2. The van der Waals surface area contributed by atoms with Gasteiger partial charge < -0.3 is 10.1 Å². The van der Waals surface area contributed by atoms with Crippen LogP contribution in [-0.2, 0) is 14.3 Å². The zero-order chi connectivity index (χ0) is 9.68. The number of carbonyl (C=O) groups excluding carboxylic acids is 2. The van der Waals surface area contributed by atoms with Gasteiger partial charge in [0.2, 0.25) is 5.91 Å². The zero-order valence-corrected chi connectivity index (χ0v) is 7.84. The molecule has 0 aliphatic heterocycles. The van der Waals surface area contributed by atoms with Crippen LogP contribution in [0.25, 0.3) is 0 Å². The summed E-state index contributed by atoms with van der Waals surface area (Å²) in [5, 5.41) is 2.78. The highest BCUT2D eigenvalue weighted by molar-refractivity contribution is 5.80. The minimum Gasteiger partial charge on any atom is -0.469 e. The van der Waals surface area contributed by atoms with Gasteiger partial charge >= 0.3 is 5.97 Å². The van der Waals surface area contributed by atoms with Gasteiger partial charge in [-0.15, -0.1) is 0 Å². The van der Waals surface area contributed by atoms with Crippen LogP contribution in [0.15, 0.2) is 0 Å². The van der Waals surface area contributed by atoms with Crippen molar-refractivity contribution >= 4 is 11.9 Å². The van der Waals surface area contributed by atoms with Gasteiger partial charge in [-0.25, -0.2) is 0 Å². The molecule has 0 bridgehead atoms. The Bertz CT molecular complexity index is 199. The van der Waals surface area contributed by atoms with Gasteiger partial charge in [-0.05, 0) is 19.3 Å². The smallest absolute Gasteiger partial charge is 0.305 e. The van der Waals surface area contributed by atoms with Crippen molar-refractivity contribution in [2.45, 2.75) is 25.7 Å². The minimum absolute atomic E-state index is 0.130. The SMILES string of the molecule is COC(=O)CCCNC(=O)C1CC1. The van der Waals surface area contributed by atoms with E-state index in [0.29, 0.717) is 19.4 Å². The Morgan fingerprint density at radius 3 is 2.69 bits per heavy atom. The third-order valence-electron chi connectivity index (χ3n) is 2.03. The Hall–Kier alpha value is -1.06. The van der Waals surface area contributed by atoms with Crippen molar-refractivity contribution in [2.75, 3.05) is 13.7 Å². The van der Waals surface area contributed by atoms with E-state index in [4.69, 9.17) is 0 Å². The van der Waals surface area contributed by atoms with Crippen molar-refractivity contribution in [1.82, 2.24) is 5.32 Å². The number of methoxy groups -OCH3 is 1. The van der Waals surface area contributed by atoms with Crippen molar-refractivity contribution in [3.63, 3.8) is 0 Å². The van der Waals surface area contributed by atoms with Crippen LogP contribution in [0, 0.1) is 5.92 Å². The second kappa shape index (κ2) is 4.84. The predicted octanol–water partition coefficient (Wildman–Crippen LogP) is 0.466. The maximum Gasteiger partial charge on any atom is 0.305 e. The predicted molar refractivity (Wildman–Crippen MR) is 47.0 cm³/mol. The highest BCUT2D eigenvalue weighted by Crippen LogP contribution is 2.28. The van der Waals surface area contributed by atoms with E-state index in [1.807, 2.05) is 0 Å². The lowest BCUT2D eigenvalue weighted by molar-refractivity contribution is -0.140. The normalized spacial score (nSPS) is 15.2. The molecule has 1 N–H and O–H groups in total. The molecule has 1 rings (SSSR count). The number of amides is 1. The first-order chi connectivity index (χ1) is 6.24. The molecule has 4 nitrogen and oxygen atoms in total. The van der Waals surface area contributed by atoms with Gasteiger partial charge in [0, 0.05) is 18.9 Å². The lowest BCUT2D eigenvalue weighted by Gasteiger charge is -2.02. The van der Waals surface area contributed by atoms with Gasteiger partial charge in [0.25, 0.3) is 0 Å². The number of hydrogen-bond acceptors (Lipinski definition) is 3. The molecule has 0 radical (unpaired) electrons. The fourth-order valence-corrected chi connectivity index (χ4v) is 1.04. The first kappa shape index (κ1) is 10.0. The summed E-state index contributed by atoms with van der Waals surface area (Å²) in [6, 6.07) is 0. The maximum absolute atomic E-state index is 11.1. The van der Waals surface area contributed by atoms with Crippen molar-refractivity contribution in [3.05, 3.63) is 0 Å². The number of rotatable bonds is 5. The van der Waals surface area contributed by atoms with E-state index in [-0.39, 0.29) is 17.8 Å². The monoisotopic (exact) mass is 185 g/mol. The van der Waals surface area contributed by atoms with Gasteiger partial charge in [0.1, 0.15) is 0 Å². The van der Waals surface area contributed by atoms with E-state index in [1.54, 1.807) is 0 Å². The first-order valence-electron chi connectivity index (χ1n) is 4.58. The summed E-state index contributed by atoms with van der Waals surface area (Å²) >= 11 is 0. The van der Waals surface area contributed by atoms with Gasteiger partial charge in [-0.1, -0.05) is 0 Å². The molecule has 0 spiro atoms. The molecule has 1 saturated carbocycles. The molecule has 13 heavy (non-hydrogen) atoms. The summed E-state index contributed by atoms with van der Waals surface area (Å²) in [5.41, 5.74) is 0. The van der Waals surface area contributed by atoms with E-state index >= 15 is 0 Å². The standard InChI is InChI=1S/C9H15NO3/c1-13-8(11)3-2-6-10-9(12)7-4-5-7/h7H,2-6H2,1H3,(H,10,12). The minimum atomic E-state index is -0.222. The highest BCUT2D eigenvalue weighted by atomic mass is 16.5. The van der Waals surface area contributed by atoms with Crippen LogP contribution in [0.4, 0.5) is 0 Å². The largest absolute Gasteiger partial charge is 0.469 e. The Kier molecular flexibility index (Phi) is 3.73. The van der Waals surface area contributed by atoms with E-state index in [0.717, 1.165) is 12.8 Å². The molecule has 0 aromatic heterocycles. The van der Waals surface area contributed by atoms with Crippen LogP contribution in [0.5, 0.6) is 0 Å². The lowest BCUT2D eigenvalue weighted by Crippen LogP contribution is -2.26. The maximum atomic E-state index is 11.1. The summed E-state index contributed by atoms with van der Waals surface area (Å²) in [4.78, 5) is 21.8. The van der Waals surface area contributed by atoms with Crippen LogP contribution >= 0.6 is 0 Å². The molecule has 0 aromatic rings. The van der Waals surface area contributed by atoms with E-state index in [1.165, 1.54) is 7.11 Å². The van der Waals surface area contributed by atoms with Gasteiger partial charge in [0.05, 0.1) is 7.11 Å². The summed E-state index contributed by atoms with van der Waals surface area (Å²) in [6.07, 6.45) is 3.07. The Morgan fingerprint density at radius 1 is 1.46 bits per heavy atom. The average Bonchev–Trinajstić information content (AvgIpc) is 2.94. The number of nitrogens with one attached hydrogen (secondary N) is 1. The molecule has 1 aliphatic rings. The molecule has 0 atom stereocenters. The summed E-state index contributed by atoms with van der Waals surface area (Å²) in [7, 11) is 1.37. The average molecular weight is 185 g/mol. The summed E-state index contributed by atoms with van der Waals surface area (Å²) in [6.45, 7) is 0.574. The van der Waals surface area contributed by atoms with Crippen molar-refractivity contribution in [1.29, 1.82) is 0 Å². The van der Waals surface area contributed by atoms with Crippen LogP contribution in [0.2, 0.25) is 0 Å². The fourth-order valence-electron chi connectivity index (χ4n) is 1.04. The van der Waals surface area contributed by atoms with E-state index in [9.17, 15) is 9.59 Å². The van der Waals surface area contributed by atoms with Crippen LogP contribution < -0.4 is 5.32 Å². The Balaban J connectivity index is 1.94. The zero-order valence-electron chi connectivity index (χ0n) is 7.84. The molecule has 1 fully saturated rings. The molecular weight excluding hydrogens is 170 g/mol. The molecule has 0 unspecified atom stereocenters. The number of hydrogen-bond donors (Lipinski definition) is 1. The van der Waals surface area contributed by atoms with Gasteiger partial charge in [-0.2, -0.15) is 0 Å². The molecule has 4 heteroatoms. The van der Waals surface area contributed by atoms with Crippen molar-refractivity contribution in [2.24, 2.45) is 5.92 Å². The number of ether oxygens (including phenoxy) is 1. The Morgan fingerprint density at radius 2 is 2.15 bits per heavy atom. The molecular formula is C9H15NO3. The van der Waals surface area contributed by atoms with Crippen LogP contribution in [0.3, 0.4) is 0 Å².